The van der Waals surface area contributed by atoms with Gasteiger partial charge in [0.25, 0.3) is 0 Å². The number of nitrogens with one attached hydrogen (secondary N) is 2. The van der Waals surface area contributed by atoms with Crippen molar-refractivity contribution in [2.24, 2.45) is 5.73 Å². The zero-order valence-electron chi connectivity index (χ0n) is 19.0. The highest BCUT2D eigenvalue weighted by Gasteiger charge is 2.47. The molecule has 0 bridgehead atoms. The lowest BCUT2D eigenvalue weighted by Gasteiger charge is -2.35. The molecule has 4 N–H and O–H groups in total. The van der Waals surface area contributed by atoms with Gasteiger partial charge < -0.3 is 21.1 Å². The first-order chi connectivity index (χ1) is 15.8. The topological polar surface area (TPSA) is 110 Å². The summed E-state index contributed by atoms with van der Waals surface area (Å²) in [4.78, 5) is 32.7. The van der Waals surface area contributed by atoms with Gasteiger partial charge in [-0.3, -0.25) is 9.69 Å². The number of hydrogen-bond donors (Lipinski definition) is 3. The number of carbonyl (C=O) groups excluding carboxylic acids is 2. The van der Waals surface area contributed by atoms with Crippen LogP contribution in [-0.4, -0.2) is 40.4 Å². The second-order valence-corrected chi connectivity index (χ2v) is 10.3. The van der Waals surface area contributed by atoms with Crippen molar-refractivity contribution in [3.63, 3.8) is 0 Å². The minimum atomic E-state index is -0.476. The molecule has 3 heterocycles. The zero-order valence-corrected chi connectivity index (χ0v) is 19.8. The number of urea groups is 1. The molecular formula is C24H29N5O3S. The number of thioether (sulfide) groups is 1. The predicted molar refractivity (Wildman–Crippen MR) is 128 cm³/mol. The average molecular weight is 468 g/mol. The second-order valence-electron chi connectivity index (χ2n) is 9.17. The van der Waals surface area contributed by atoms with Crippen LogP contribution in [-0.2, 0) is 4.79 Å². The molecule has 1 aliphatic carbocycles. The predicted octanol–water partition coefficient (Wildman–Crippen LogP) is 3.55. The molecule has 0 spiro atoms. The molecule has 174 valence electrons. The summed E-state index contributed by atoms with van der Waals surface area (Å²) in [6, 6.07) is 6.83. The summed E-state index contributed by atoms with van der Waals surface area (Å²) in [5.74, 6) is 0.662. The lowest BCUT2D eigenvalue weighted by molar-refractivity contribution is -0.121. The minimum Gasteiger partial charge on any atom is -0.491 e. The highest BCUT2D eigenvalue weighted by molar-refractivity contribution is 8.01. The van der Waals surface area contributed by atoms with Crippen LogP contribution in [0.1, 0.15) is 50.3 Å². The Kier molecular flexibility index (Phi) is 5.70. The Balaban J connectivity index is 1.45. The SMILES string of the molecule is Cc1cc(OC(C)C)ccc1N1C(=O)NC2c3c1ccnc3SC2C(=O)N[C@@H]1CCC[C@@H]1N. The molecule has 5 rings (SSSR count). The fraction of sp³-hybridized carbons (Fsp3) is 0.458. The van der Waals surface area contributed by atoms with Gasteiger partial charge in [-0.1, -0.05) is 11.8 Å². The van der Waals surface area contributed by atoms with Crippen molar-refractivity contribution in [1.29, 1.82) is 0 Å². The molecule has 1 aromatic carbocycles. The van der Waals surface area contributed by atoms with Gasteiger partial charge >= 0.3 is 6.03 Å². The van der Waals surface area contributed by atoms with Gasteiger partial charge in [0.05, 0.1) is 23.5 Å². The molecule has 3 amide bonds. The Hall–Kier alpha value is -2.78. The van der Waals surface area contributed by atoms with Crippen LogP contribution < -0.4 is 26.0 Å². The van der Waals surface area contributed by atoms with Gasteiger partial charge in [0.1, 0.15) is 16.0 Å². The van der Waals surface area contributed by atoms with E-state index < -0.39 is 11.3 Å². The molecule has 2 aromatic rings. The van der Waals surface area contributed by atoms with Gasteiger partial charge in [0.15, 0.2) is 0 Å². The van der Waals surface area contributed by atoms with Gasteiger partial charge in [0.2, 0.25) is 5.91 Å². The Labute approximate surface area is 197 Å². The number of aryl methyl sites for hydroxylation is 1. The van der Waals surface area contributed by atoms with Crippen LogP contribution >= 0.6 is 11.8 Å². The number of hydrogen-bond acceptors (Lipinski definition) is 6. The van der Waals surface area contributed by atoms with E-state index in [0.717, 1.165) is 52.5 Å². The minimum absolute atomic E-state index is 0.0146. The highest BCUT2D eigenvalue weighted by Crippen LogP contribution is 2.51. The first-order valence-electron chi connectivity index (χ1n) is 11.4. The van der Waals surface area contributed by atoms with E-state index in [4.69, 9.17) is 10.5 Å². The molecule has 9 heteroatoms. The number of amides is 3. The Morgan fingerprint density at radius 1 is 1.30 bits per heavy atom. The monoisotopic (exact) mass is 467 g/mol. The second kappa shape index (κ2) is 8.53. The smallest absolute Gasteiger partial charge is 0.327 e. The van der Waals surface area contributed by atoms with E-state index in [9.17, 15) is 9.59 Å². The number of anilines is 2. The number of aromatic nitrogens is 1. The van der Waals surface area contributed by atoms with Crippen LogP contribution in [0.25, 0.3) is 0 Å². The maximum atomic E-state index is 13.3. The van der Waals surface area contributed by atoms with Crippen LogP contribution in [0, 0.1) is 6.92 Å². The molecule has 0 radical (unpaired) electrons. The van der Waals surface area contributed by atoms with Gasteiger partial charge in [-0.2, -0.15) is 0 Å². The first-order valence-corrected chi connectivity index (χ1v) is 12.3. The largest absolute Gasteiger partial charge is 0.491 e. The van der Waals surface area contributed by atoms with Crippen LogP contribution in [0.15, 0.2) is 35.5 Å². The van der Waals surface area contributed by atoms with Crippen molar-refractivity contribution in [1.82, 2.24) is 15.6 Å². The zero-order chi connectivity index (χ0) is 23.3. The molecule has 2 unspecified atom stereocenters. The van der Waals surface area contributed by atoms with Crippen molar-refractivity contribution >= 4 is 35.1 Å². The molecular weight excluding hydrogens is 438 g/mol. The number of carbonyl (C=O) groups is 2. The normalized spacial score (nSPS) is 25.7. The van der Waals surface area contributed by atoms with E-state index in [0.29, 0.717) is 0 Å². The van der Waals surface area contributed by atoms with Crippen molar-refractivity contribution in [3.8, 4) is 5.75 Å². The van der Waals surface area contributed by atoms with Crippen LogP contribution in [0.3, 0.4) is 0 Å². The van der Waals surface area contributed by atoms with Gasteiger partial charge in [-0.15, -0.1) is 0 Å². The summed E-state index contributed by atoms with van der Waals surface area (Å²) in [7, 11) is 0. The molecule has 2 aliphatic heterocycles. The third kappa shape index (κ3) is 3.93. The number of pyridine rings is 1. The Morgan fingerprint density at radius 2 is 2.12 bits per heavy atom. The number of benzene rings is 1. The fourth-order valence-corrected chi connectivity index (χ4v) is 6.16. The molecule has 1 saturated carbocycles. The Morgan fingerprint density at radius 3 is 2.82 bits per heavy atom. The average Bonchev–Trinajstić information content (AvgIpc) is 3.33. The first kappa shape index (κ1) is 22.0. The summed E-state index contributed by atoms with van der Waals surface area (Å²) in [6.45, 7) is 5.91. The van der Waals surface area contributed by atoms with Crippen LogP contribution in [0.2, 0.25) is 0 Å². The Bertz CT molecular complexity index is 1110. The number of nitrogens with two attached hydrogens (primary N) is 1. The maximum Gasteiger partial charge on any atom is 0.327 e. The third-order valence-electron chi connectivity index (χ3n) is 6.44. The summed E-state index contributed by atoms with van der Waals surface area (Å²) in [5, 5.41) is 6.47. The van der Waals surface area contributed by atoms with Crippen molar-refractivity contribution in [2.75, 3.05) is 4.90 Å². The lowest BCUT2D eigenvalue weighted by Crippen LogP contribution is -2.52. The molecule has 33 heavy (non-hydrogen) atoms. The number of nitrogens with zero attached hydrogens (tertiary/aromatic N) is 2. The van der Waals surface area contributed by atoms with Gasteiger partial charge in [0, 0.05) is 23.8 Å². The molecule has 3 aliphatic rings. The van der Waals surface area contributed by atoms with E-state index in [1.54, 1.807) is 11.1 Å². The summed E-state index contributed by atoms with van der Waals surface area (Å²) < 4.78 is 5.80. The fourth-order valence-electron chi connectivity index (χ4n) is 4.92. The van der Waals surface area contributed by atoms with E-state index in [1.807, 2.05) is 45.0 Å². The van der Waals surface area contributed by atoms with Crippen LogP contribution in [0.5, 0.6) is 5.75 Å². The molecule has 1 aromatic heterocycles. The molecule has 8 nitrogen and oxygen atoms in total. The standard InChI is InChI=1S/C24H29N5O3S/c1-12(2)32-14-7-8-17(13(3)11-14)29-18-9-10-26-23-19(18)20(28-24(29)31)21(33-23)22(30)27-16-6-4-5-15(16)25/h7-12,15-16,20-21H,4-6,25H2,1-3H3,(H,27,30)(H,28,31)/t15-,16+,20?,21?/m0/s1. The summed E-state index contributed by atoms with van der Waals surface area (Å²) in [6.07, 6.45) is 4.59. The quantitative estimate of drug-likeness (QED) is 0.620. The number of ether oxygens (including phenoxy) is 1. The van der Waals surface area contributed by atoms with Gasteiger partial charge in [-0.05, 0) is 69.9 Å². The summed E-state index contributed by atoms with van der Waals surface area (Å²) in [5.41, 5.74) is 9.48. The van der Waals surface area contributed by atoms with Crippen LogP contribution in [0.4, 0.5) is 16.2 Å². The molecule has 1 fully saturated rings. The maximum absolute atomic E-state index is 13.3. The van der Waals surface area contributed by atoms with E-state index >= 15 is 0 Å². The lowest BCUT2D eigenvalue weighted by atomic mass is 9.99. The van der Waals surface area contributed by atoms with Crippen molar-refractivity contribution in [3.05, 3.63) is 41.6 Å². The van der Waals surface area contributed by atoms with Crippen molar-refractivity contribution < 1.29 is 14.3 Å². The molecule has 4 atom stereocenters. The molecule has 0 saturated heterocycles. The highest BCUT2D eigenvalue weighted by atomic mass is 32.2. The van der Waals surface area contributed by atoms with E-state index in [2.05, 4.69) is 15.6 Å². The van der Waals surface area contributed by atoms with Gasteiger partial charge in [-0.25, -0.2) is 9.78 Å². The summed E-state index contributed by atoms with van der Waals surface area (Å²) >= 11 is 1.40. The third-order valence-corrected chi connectivity index (χ3v) is 7.73. The van der Waals surface area contributed by atoms with Crippen molar-refractivity contribution in [2.45, 2.75) is 74.5 Å². The van der Waals surface area contributed by atoms with E-state index in [1.165, 1.54) is 11.8 Å². The number of rotatable bonds is 5. The van der Waals surface area contributed by atoms with E-state index in [-0.39, 0.29) is 30.1 Å².